The molecule has 0 aromatic heterocycles. The third-order valence-electron chi connectivity index (χ3n) is 11.3. The Labute approximate surface area is 314 Å². The molecule has 0 radical (unpaired) electrons. The van der Waals surface area contributed by atoms with Crippen molar-refractivity contribution in [3.8, 4) is 0 Å². The van der Waals surface area contributed by atoms with E-state index in [2.05, 4.69) is 140 Å². The number of benzene rings is 4. The number of ether oxygens (including phenoxy) is 2. The van der Waals surface area contributed by atoms with E-state index >= 15 is 0 Å². The smallest absolute Gasteiger partial charge is 0.261 e. The molecular weight excluding hydrogens is 661 g/mol. The van der Waals surface area contributed by atoms with Gasteiger partial charge in [0.05, 0.1) is 0 Å². The quantitative estimate of drug-likeness (QED) is 0.186. The standard InChI is InChI=1S/C46H58NO4P/c1-29-17-30(2)22-37(21-29)45(38-23-31(3)18-32(4)24-38)42-43(49-44(9,10)48-42)46(39-25-33(5)19-34(6)26-39,40-27-35(7)20-36(8)28-40)51-52(50-45)47(11)41-15-13-12-14-16-41/h17-28,41-43H,12-16H2,1-11H3/t42-,43?,52?/m1/s1. The lowest BCUT2D eigenvalue weighted by atomic mass is 9.70. The van der Waals surface area contributed by atoms with E-state index in [1.54, 1.807) is 0 Å². The topological polar surface area (TPSA) is 40.2 Å². The van der Waals surface area contributed by atoms with Gasteiger partial charge in [0.2, 0.25) is 0 Å². The zero-order valence-corrected chi connectivity index (χ0v) is 34.1. The number of rotatable bonds is 6. The second-order valence-corrected chi connectivity index (χ2v) is 18.2. The molecule has 3 fully saturated rings. The average molecular weight is 720 g/mol. The summed E-state index contributed by atoms with van der Waals surface area (Å²) in [5.74, 6) is -0.927. The van der Waals surface area contributed by atoms with Gasteiger partial charge in [-0.15, -0.1) is 0 Å². The maximum Gasteiger partial charge on any atom is 0.261 e. The van der Waals surface area contributed by atoms with Gasteiger partial charge in [0.25, 0.3) is 8.53 Å². The third-order valence-corrected chi connectivity index (χ3v) is 13.0. The van der Waals surface area contributed by atoms with E-state index in [1.165, 1.54) is 63.8 Å². The molecule has 2 unspecified atom stereocenters. The number of hydrogen-bond acceptors (Lipinski definition) is 5. The Kier molecular flexibility index (Phi) is 10.1. The van der Waals surface area contributed by atoms with Gasteiger partial charge in [0.1, 0.15) is 12.2 Å². The van der Waals surface area contributed by atoms with Crippen LogP contribution in [0.2, 0.25) is 0 Å². The van der Waals surface area contributed by atoms with Crippen molar-refractivity contribution in [2.45, 2.75) is 137 Å². The summed E-state index contributed by atoms with van der Waals surface area (Å²) in [5.41, 5.74) is 11.6. The van der Waals surface area contributed by atoms with Gasteiger partial charge < -0.3 is 18.5 Å². The first-order valence-corrected chi connectivity index (χ1v) is 20.3. The summed E-state index contributed by atoms with van der Waals surface area (Å²) in [6.07, 6.45) is 4.77. The van der Waals surface area contributed by atoms with Crippen molar-refractivity contribution in [2.75, 3.05) is 7.05 Å². The van der Waals surface area contributed by atoms with Gasteiger partial charge in [-0.1, -0.05) is 137 Å². The van der Waals surface area contributed by atoms with Crippen molar-refractivity contribution in [1.82, 2.24) is 4.67 Å². The largest absolute Gasteiger partial charge is 0.341 e. The minimum atomic E-state index is -1.71. The second kappa shape index (κ2) is 14.1. The number of fused-ring (bicyclic) bond motifs is 1. The summed E-state index contributed by atoms with van der Waals surface area (Å²) >= 11 is 0. The van der Waals surface area contributed by atoms with Crippen molar-refractivity contribution in [1.29, 1.82) is 0 Å². The fraction of sp³-hybridized carbons (Fsp3) is 0.478. The monoisotopic (exact) mass is 719 g/mol. The SMILES string of the molecule is Cc1cc(C)cc(C2(c3cc(C)cc(C)c3)OP(N(C)C3CCCCC3)OC(c3cc(C)cc(C)c3)(c3cc(C)cc(C)c3)[C@@H]3OC(C)(C)OC32)c1. The predicted molar refractivity (Wildman–Crippen MR) is 213 cm³/mol. The van der Waals surface area contributed by atoms with E-state index in [9.17, 15) is 0 Å². The van der Waals surface area contributed by atoms with Crippen molar-refractivity contribution < 1.29 is 18.5 Å². The summed E-state index contributed by atoms with van der Waals surface area (Å²) in [5, 5.41) is 0. The highest BCUT2D eigenvalue weighted by atomic mass is 31.2. The molecule has 0 spiro atoms. The molecule has 5 nitrogen and oxygen atoms in total. The van der Waals surface area contributed by atoms with Gasteiger partial charge in [0.15, 0.2) is 17.0 Å². The predicted octanol–water partition coefficient (Wildman–Crippen LogP) is 11.4. The molecule has 2 saturated heterocycles. The van der Waals surface area contributed by atoms with Gasteiger partial charge in [-0.2, -0.15) is 0 Å². The molecule has 3 aliphatic rings. The molecule has 1 saturated carbocycles. The Bertz CT molecular complexity index is 1650. The van der Waals surface area contributed by atoms with Crippen LogP contribution in [0.4, 0.5) is 0 Å². The molecular formula is C46H58NO4P. The second-order valence-electron chi connectivity index (χ2n) is 16.7. The molecule has 276 valence electrons. The molecule has 2 heterocycles. The molecule has 0 bridgehead atoms. The molecule has 6 heteroatoms. The average Bonchev–Trinajstić information content (AvgIpc) is 3.32. The van der Waals surface area contributed by atoms with Crippen molar-refractivity contribution in [2.24, 2.45) is 0 Å². The fourth-order valence-electron chi connectivity index (χ4n) is 9.40. The van der Waals surface area contributed by atoms with Crippen LogP contribution in [0.25, 0.3) is 0 Å². The zero-order valence-electron chi connectivity index (χ0n) is 33.2. The van der Waals surface area contributed by atoms with Gasteiger partial charge in [0, 0.05) is 6.04 Å². The van der Waals surface area contributed by atoms with Crippen LogP contribution >= 0.6 is 8.53 Å². The zero-order chi connectivity index (χ0) is 37.2. The third kappa shape index (κ3) is 6.83. The van der Waals surface area contributed by atoms with Gasteiger partial charge in [-0.05, 0) is 111 Å². The summed E-state index contributed by atoms with van der Waals surface area (Å²) in [4.78, 5) is 0. The maximum atomic E-state index is 8.00. The van der Waals surface area contributed by atoms with Crippen molar-refractivity contribution >= 4 is 8.53 Å². The van der Waals surface area contributed by atoms with E-state index in [0.717, 1.165) is 35.1 Å². The first kappa shape index (κ1) is 37.4. The maximum absolute atomic E-state index is 8.00. The molecule has 52 heavy (non-hydrogen) atoms. The normalized spacial score (nSPS) is 24.1. The van der Waals surface area contributed by atoms with E-state index in [-0.39, 0.29) is 0 Å². The van der Waals surface area contributed by atoms with E-state index in [1.807, 2.05) is 13.8 Å². The first-order chi connectivity index (χ1) is 24.6. The summed E-state index contributed by atoms with van der Waals surface area (Å²) < 4.78 is 33.2. The summed E-state index contributed by atoms with van der Waals surface area (Å²) in [6.45, 7) is 21.5. The van der Waals surface area contributed by atoms with Crippen molar-refractivity contribution in [3.63, 3.8) is 0 Å². The van der Waals surface area contributed by atoms with Crippen LogP contribution in [0, 0.1) is 55.4 Å². The molecule has 0 N–H and O–H groups in total. The molecule has 2 aliphatic heterocycles. The van der Waals surface area contributed by atoms with Crippen molar-refractivity contribution in [3.05, 3.63) is 140 Å². The number of aryl methyl sites for hydroxylation is 8. The van der Waals surface area contributed by atoms with Gasteiger partial charge in [-0.25, -0.2) is 4.67 Å². The van der Waals surface area contributed by atoms with E-state index in [0.29, 0.717) is 6.04 Å². The summed E-state index contributed by atoms with van der Waals surface area (Å²) in [7, 11) is 0.520. The molecule has 4 aromatic rings. The van der Waals surface area contributed by atoms with Crippen LogP contribution in [0.1, 0.15) is 113 Å². The molecule has 7 rings (SSSR count). The molecule has 4 aromatic carbocycles. The van der Waals surface area contributed by atoms with Crippen LogP contribution in [0.5, 0.6) is 0 Å². The first-order valence-electron chi connectivity index (χ1n) is 19.2. The minimum Gasteiger partial charge on any atom is -0.341 e. The van der Waals surface area contributed by atoms with Gasteiger partial charge in [-0.3, -0.25) is 0 Å². The Balaban J connectivity index is 1.63. The fourth-order valence-corrected chi connectivity index (χ4v) is 11.3. The minimum absolute atomic E-state index is 0.337. The Morgan fingerprint density at radius 3 is 1.06 bits per heavy atom. The van der Waals surface area contributed by atoms with E-state index < -0.39 is 37.7 Å². The highest BCUT2D eigenvalue weighted by Gasteiger charge is 2.67. The number of hydrogen-bond donors (Lipinski definition) is 0. The Morgan fingerprint density at radius 2 is 0.769 bits per heavy atom. The summed E-state index contributed by atoms with van der Waals surface area (Å²) in [6, 6.07) is 27.7. The molecule has 1 aliphatic carbocycles. The molecule has 3 atom stereocenters. The van der Waals surface area contributed by atoms with Crippen LogP contribution in [-0.2, 0) is 29.7 Å². The van der Waals surface area contributed by atoms with Gasteiger partial charge >= 0.3 is 0 Å². The Morgan fingerprint density at radius 1 is 0.481 bits per heavy atom. The van der Waals surface area contributed by atoms with Crippen LogP contribution < -0.4 is 0 Å². The Hall–Kier alpha value is -2.89. The highest BCUT2D eigenvalue weighted by Crippen LogP contribution is 2.66. The van der Waals surface area contributed by atoms with Crippen LogP contribution in [-0.4, -0.2) is 35.8 Å². The van der Waals surface area contributed by atoms with E-state index in [4.69, 9.17) is 18.5 Å². The highest BCUT2D eigenvalue weighted by molar-refractivity contribution is 7.44. The lowest BCUT2D eigenvalue weighted by Gasteiger charge is -2.43. The lowest BCUT2D eigenvalue weighted by Crippen LogP contribution is -2.53. The van der Waals surface area contributed by atoms with Crippen LogP contribution in [0.15, 0.2) is 72.8 Å². The number of nitrogens with zero attached hydrogens (tertiary/aromatic N) is 1. The van der Waals surface area contributed by atoms with Crippen LogP contribution in [0.3, 0.4) is 0 Å². The lowest BCUT2D eigenvalue weighted by molar-refractivity contribution is -0.175. The molecule has 0 amide bonds.